The zero-order valence-corrected chi connectivity index (χ0v) is 24.2. The fraction of sp³-hybridized carbons (Fsp3) is 0.281. The van der Waals surface area contributed by atoms with Crippen LogP contribution in [0.1, 0.15) is 59.1 Å². The maximum atomic E-state index is 13.5. The van der Waals surface area contributed by atoms with Crippen molar-refractivity contribution in [2.24, 2.45) is 0 Å². The molecule has 222 valence electrons. The Labute approximate surface area is 255 Å². The lowest BCUT2D eigenvalue weighted by molar-refractivity contribution is -0.141. The molecule has 1 fully saturated rings. The van der Waals surface area contributed by atoms with E-state index in [0.29, 0.717) is 47.1 Å². The molecule has 43 heavy (non-hydrogen) atoms. The van der Waals surface area contributed by atoms with Crippen LogP contribution in [-0.4, -0.2) is 32.4 Å². The summed E-state index contributed by atoms with van der Waals surface area (Å²) in [5, 5.41) is 11.6. The average molecular weight is 628 g/mol. The molecular formula is C32H26Cl2F3N3O3. The third-order valence-electron chi connectivity index (χ3n) is 8.18. The third-order valence-corrected chi connectivity index (χ3v) is 8.63. The van der Waals surface area contributed by atoms with Gasteiger partial charge >= 0.3 is 6.18 Å². The highest BCUT2D eigenvalue weighted by Gasteiger charge is 2.49. The number of nitrogens with one attached hydrogen (secondary N) is 1. The van der Waals surface area contributed by atoms with Gasteiger partial charge in [-0.05, 0) is 84.3 Å². The summed E-state index contributed by atoms with van der Waals surface area (Å²) in [7, 11) is 0. The molecule has 1 amide bonds. The van der Waals surface area contributed by atoms with Gasteiger partial charge in [-0.15, -0.1) is 0 Å². The van der Waals surface area contributed by atoms with Crippen LogP contribution in [0.2, 0.25) is 10.0 Å². The summed E-state index contributed by atoms with van der Waals surface area (Å²) in [5.74, 6) is -0.0296. The molecule has 0 saturated heterocycles. The first-order valence-corrected chi connectivity index (χ1v) is 14.5. The van der Waals surface area contributed by atoms with Crippen LogP contribution < -0.4 is 5.56 Å². The number of benzene rings is 3. The molecule has 0 radical (unpaired) electrons. The van der Waals surface area contributed by atoms with E-state index < -0.39 is 29.2 Å². The van der Waals surface area contributed by atoms with Crippen molar-refractivity contribution in [3.8, 4) is 11.1 Å². The first kappa shape index (κ1) is 29.4. The van der Waals surface area contributed by atoms with Gasteiger partial charge < -0.3 is 15.0 Å². The minimum atomic E-state index is -4.59. The number of nitrogens with zero attached hydrogens (tertiary/aromatic N) is 2. The van der Waals surface area contributed by atoms with E-state index in [4.69, 9.17) is 28.2 Å². The van der Waals surface area contributed by atoms with E-state index in [0.717, 1.165) is 30.5 Å². The van der Waals surface area contributed by atoms with Gasteiger partial charge in [0, 0.05) is 16.6 Å². The highest BCUT2D eigenvalue weighted by molar-refractivity contribution is 6.31. The molecule has 2 N–H and O–H groups in total. The lowest BCUT2D eigenvalue weighted by atomic mass is 9.94. The molecule has 1 aliphatic carbocycles. The van der Waals surface area contributed by atoms with Crippen molar-refractivity contribution in [2.75, 3.05) is 6.54 Å². The number of hydrogen-bond donors (Lipinski definition) is 2. The van der Waals surface area contributed by atoms with E-state index >= 15 is 0 Å². The molecule has 0 unspecified atom stereocenters. The first-order chi connectivity index (χ1) is 20.4. The number of halogens is 5. The van der Waals surface area contributed by atoms with Gasteiger partial charge in [-0.25, -0.2) is 4.98 Å². The maximum Gasteiger partial charge on any atom is 0.416 e. The Morgan fingerprint density at radius 2 is 1.77 bits per heavy atom. The van der Waals surface area contributed by atoms with Crippen molar-refractivity contribution >= 4 is 29.1 Å². The molecule has 0 bridgehead atoms. The number of fused-ring (bicyclic) bond motifs is 1. The van der Waals surface area contributed by atoms with Gasteiger partial charge in [0.15, 0.2) is 6.10 Å². The number of aliphatic hydroxyl groups excluding tert-OH is 1. The van der Waals surface area contributed by atoms with E-state index in [1.54, 1.807) is 18.2 Å². The second kappa shape index (κ2) is 11.1. The maximum absolute atomic E-state index is 13.5. The number of alkyl halides is 3. The molecule has 1 aliphatic heterocycles. The molecular weight excluding hydrogens is 602 g/mol. The van der Waals surface area contributed by atoms with Crippen molar-refractivity contribution in [1.29, 1.82) is 0 Å². The van der Waals surface area contributed by atoms with Crippen LogP contribution in [0.5, 0.6) is 0 Å². The highest BCUT2D eigenvalue weighted by atomic mass is 35.5. The minimum absolute atomic E-state index is 0.0269. The summed E-state index contributed by atoms with van der Waals surface area (Å²) in [5.41, 5.74) is 1.13. The molecule has 0 spiro atoms. The molecule has 4 aromatic rings. The number of hydrogen-bond acceptors (Lipinski definition) is 4. The second-order valence-corrected chi connectivity index (χ2v) is 11.9. The van der Waals surface area contributed by atoms with Gasteiger partial charge in [0.25, 0.3) is 11.5 Å². The van der Waals surface area contributed by atoms with E-state index in [1.807, 2.05) is 18.2 Å². The highest BCUT2D eigenvalue weighted by Crippen LogP contribution is 2.52. The molecule has 2 aliphatic rings. The van der Waals surface area contributed by atoms with E-state index in [9.17, 15) is 27.9 Å². The van der Waals surface area contributed by atoms with E-state index in [2.05, 4.69) is 4.98 Å². The Morgan fingerprint density at radius 3 is 2.49 bits per heavy atom. The molecule has 3 aromatic carbocycles. The number of aromatic amines is 1. The van der Waals surface area contributed by atoms with Crippen LogP contribution in [0.3, 0.4) is 0 Å². The van der Waals surface area contributed by atoms with Crippen LogP contribution in [0.15, 0.2) is 71.5 Å². The Hall–Kier alpha value is -3.66. The fourth-order valence-electron chi connectivity index (χ4n) is 5.73. The van der Waals surface area contributed by atoms with Crippen molar-refractivity contribution in [2.45, 2.75) is 49.9 Å². The second-order valence-electron chi connectivity index (χ2n) is 11.0. The molecule has 6 rings (SSSR count). The Kier molecular flexibility index (Phi) is 7.61. The van der Waals surface area contributed by atoms with Crippen molar-refractivity contribution in [3.63, 3.8) is 0 Å². The number of aromatic nitrogens is 2. The zero-order valence-electron chi connectivity index (χ0n) is 22.7. The average Bonchev–Trinajstić information content (AvgIpc) is 3.80. The number of rotatable bonds is 5. The smallest absolute Gasteiger partial charge is 0.378 e. The van der Waals surface area contributed by atoms with Crippen LogP contribution in [-0.2, 0) is 29.4 Å². The van der Waals surface area contributed by atoms with Gasteiger partial charge in [-0.1, -0.05) is 53.5 Å². The monoisotopic (exact) mass is 627 g/mol. The Bertz CT molecular complexity index is 1790. The number of amides is 1. The van der Waals surface area contributed by atoms with Crippen LogP contribution >= 0.6 is 23.2 Å². The van der Waals surface area contributed by atoms with Crippen LogP contribution in [0.25, 0.3) is 11.1 Å². The van der Waals surface area contributed by atoms with Gasteiger partial charge in [-0.2, -0.15) is 13.2 Å². The predicted octanol–water partition coefficient (Wildman–Crippen LogP) is 6.85. The summed E-state index contributed by atoms with van der Waals surface area (Å²) in [4.78, 5) is 36.0. The van der Waals surface area contributed by atoms with Crippen molar-refractivity contribution in [3.05, 3.63) is 121 Å². The van der Waals surface area contributed by atoms with E-state index in [1.165, 1.54) is 23.1 Å². The summed E-state index contributed by atoms with van der Waals surface area (Å²) < 4.78 is 40.0. The fourth-order valence-corrected chi connectivity index (χ4v) is 6.16. The lowest BCUT2D eigenvalue weighted by Crippen LogP contribution is -2.36. The Morgan fingerprint density at radius 1 is 1.00 bits per heavy atom. The summed E-state index contributed by atoms with van der Waals surface area (Å²) in [6, 6.07) is 16.9. The van der Waals surface area contributed by atoms with Crippen LogP contribution in [0, 0.1) is 0 Å². The minimum Gasteiger partial charge on any atom is -0.378 e. The molecule has 1 aromatic heterocycles. The third kappa shape index (κ3) is 5.81. The Balaban J connectivity index is 1.25. The molecule has 11 heteroatoms. The lowest BCUT2D eigenvalue weighted by Gasteiger charge is -2.24. The van der Waals surface area contributed by atoms with Gasteiger partial charge in [0.2, 0.25) is 0 Å². The van der Waals surface area contributed by atoms with Gasteiger partial charge in [0.05, 0.1) is 28.8 Å². The standard InChI is InChI=1S/C32H26Cl2F3N3O3/c33-23-7-2-6-21(15-23)31(9-10-31)30-38-26-8-3-11-40(17-25(26)28(42)39-30)29(43)27(41)19-5-1-4-18(12-19)20-13-22(32(35,36)37)16-24(34)14-20/h1-2,4-7,12-16,27,41H,3,8-11,17H2,(H,38,39,42)/t27-/m1/s1. The quantitative estimate of drug-likeness (QED) is 0.253. The largest absolute Gasteiger partial charge is 0.416 e. The van der Waals surface area contributed by atoms with Crippen molar-refractivity contribution < 1.29 is 23.1 Å². The first-order valence-electron chi connectivity index (χ1n) is 13.8. The summed E-state index contributed by atoms with van der Waals surface area (Å²) in [6.07, 6.45) is -3.49. The van der Waals surface area contributed by atoms with Gasteiger partial charge in [0.1, 0.15) is 5.82 Å². The molecule has 2 heterocycles. The SMILES string of the molecule is O=C([C@H](O)c1cccc(-c2cc(Cl)cc(C(F)(F)F)c2)c1)N1CCCc2nc(C3(c4cccc(Cl)c4)CC3)[nH]c(=O)c2C1. The number of carbonyl (C=O) groups excluding carboxylic acids is 1. The summed E-state index contributed by atoms with van der Waals surface area (Å²) in [6.45, 7) is 0.268. The van der Waals surface area contributed by atoms with Crippen molar-refractivity contribution in [1.82, 2.24) is 14.9 Å². The van der Waals surface area contributed by atoms with Gasteiger partial charge in [-0.3, -0.25) is 9.59 Å². The number of aliphatic hydroxyl groups is 1. The number of carbonyl (C=O) groups is 1. The zero-order chi connectivity index (χ0) is 30.5. The van der Waals surface area contributed by atoms with E-state index in [-0.39, 0.29) is 28.3 Å². The molecule has 1 atom stereocenters. The number of H-pyrrole nitrogens is 1. The molecule has 1 saturated carbocycles. The number of aryl methyl sites for hydroxylation is 1. The normalized spacial score (nSPS) is 16.7. The van der Waals surface area contributed by atoms with Crippen LogP contribution in [0.4, 0.5) is 13.2 Å². The molecule has 6 nitrogen and oxygen atoms in total. The summed E-state index contributed by atoms with van der Waals surface area (Å²) >= 11 is 12.2. The topological polar surface area (TPSA) is 86.3 Å². The predicted molar refractivity (Wildman–Crippen MR) is 157 cm³/mol.